The van der Waals surface area contributed by atoms with E-state index in [0.717, 1.165) is 35.5 Å². The third kappa shape index (κ3) is 3.24. The Morgan fingerprint density at radius 3 is 3.16 bits per heavy atom. The lowest BCUT2D eigenvalue weighted by molar-refractivity contribution is -0.125. The van der Waals surface area contributed by atoms with E-state index in [9.17, 15) is 4.79 Å². The molecule has 4 rings (SSSR count). The molecule has 0 spiro atoms. The molecule has 7 heteroatoms. The third-order valence-electron chi connectivity index (χ3n) is 4.93. The molecule has 1 aromatic carbocycles. The Morgan fingerprint density at radius 1 is 1.48 bits per heavy atom. The molecule has 2 aliphatic rings. The van der Waals surface area contributed by atoms with E-state index in [1.807, 2.05) is 29.9 Å². The van der Waals surface area contributed by atoms with Crippen LogP contribution in [0.2, 0.25) is 5.02 Å². The number of carbonyl (C=O) groups excluding carboxylic acids is 1. The lowest BCUT2D eigenvalue weighted by Gasteiger charge is -2.17. The van der Waals surface area contributed by atoms with Crippen molar-refractivity contribution in [2.24, 2.45) is 13.0 Å². The minimum absolute atomic E-state index is 0.0346. The number of hydrogen-bond acceptors (Lipinski definition) is 4. The highest BCUT2D eigenvalue weighted by molar-refractivity contribution is 6.30. The van der Waals surface area contributed by atoms with Crippen LogP contribution in [-0.2, 0) is 24.8 Å². The number of nitrogens with one attached hydrogen (secondary N) is 2. The van der Waals surface area contributed by atoms with Gasteiger partial charge < -0.3 is 19.9 Å². The second-order valence-corrected chi connectivity index (χ2v) is 7.14. The van der Waals surface area contributed by atoms with Gasteiger partial charge in [0.25, 0.3) is 0 Å². The van der Waals surface area contributed by atoms with Crippen LogP contribution in [0.25, 0.3) is 0 Å². The minimum atomic E-state index is -0.122. The van der Waals surface area contributed by atoms with Crippen LogP contribution >= 0.6 is 11.6 Å². The van der Waals surface area contributed by atoms with Crippen LogP contribution in [0.15, 0.2) is 24.7 Å². The molecule has 2 aromatic rings. The summed E-state index contributed by atoms with van der Waals surface area (Å²) in [7, 11) is 1.94. The maximum absolute atomic E-state index is 12.7. The van der Waals surface area contributed by atoms with E-state index in [1.165, 1.54) is 0 Å². The molecule has 3 heterocycles. The molecule has 1 fully saturated rings. The number of imidazole rings is 1. The standard InChI is InChI=1S/C18H21ClN4O2/c1-23-9-16(22-10-23)14-7-20-8-15(14)18(24)21-6-12-5-13(19)4-11-2-3-25-17(11)12/h4-5,9-10,14-15,20H,2-3,6-8H2,1H3,(H,21,24)/t14-,15-/m1/s1. The number of aromatic nitrogens is 2. The highest BCUT2D eigenvalue weighted by Crippen LogP contribution is 2.33. The molecule has 2 aliphatic heterocycles. The maximum Gasteiger partial charge on any atom is 0.225 e. The van der Waals surface area contributed by atoms with Crippen molar-refractivity contribution in [1.29, 1.82) is 0 Å². The number of aryl methyl sites for hydroxylation is 1. The van der Waals surface area contributed by atoms with Gasteiger partial charge in [-0.1, -0.05) is 11.6 Å². The number of hydrogen-bond donors (Lipinski definition) is 2. The lowest BCUT2D eigenvalue weighted by Crippen LogP contribution is -2.34. The Kier molecular flexibility index (Phi) is 4.39. The number of benzene rings is 1. The molecule has 132 valence electrons. The first-order valence-electron chi connectivity index (χ1n) is 8.52. The van der Waals surface area contributed by atoms with Crippen LogP contribution in [0, 0.1) is 5.92 Å². The molecule has 2 atom stereocenters. The Balaban J connectivity index is 1.46. The van der Waals surface area contributed by atoms with Crippen molar-refractivity contribution in [1.82, 2.24) is 20.2 Å². The monoisotopic (exact) mass is 360 g/mol. The zero-order valence-electron chi connectivity index (χ0n) is 14.1. The number of fused-ring (bicyclic) bond motifs is 1. The molecule has 6 nitrogen and oxygen atoms in total. The zero-order chi connectivity index (χ0) is 17.4. The molecular formula is C18H21ClN4O2. The van der Waals surface area contributed by atoms with Gasteiger partial charge >= 0.3 is 0 Å². The van der Waals surface area contributed by atoms with Gasteiger partial charge in [0.2, 0.25) is 5.91 Å². The van der Waals surface area contributed by atoms with Crippen LogP contribution in [0.4, 0.5) is 0 Å². The van der Waals surface area contributed by atoms with E-state index in [0.29, 0.717) is 24.7 Å². The van der Waals surface area contributed by atoms with E-state index < -0.39 is 0 Å². The van der Waals surface area contributed by atoms with Crippen LogP contribution in [-0.4, -0.2) is 35.2 Å². The summed E-state index contributed by atoms with van der Waals surface area (Å²) in [4.78, 5) is 17.1. The highest BCUT2D eigenvalue weighted by atomic mass is 35.5. The normalized spacial score (nSPS) is 21.8. The number of nitrogens with zero attached hydrogens (tertiary/aromatic N) is 2. The molecule has 0 aliphatic carbocycles. The van der Waals surface area contributed by atoms with Crippen LogP contribution in [0.3, 0.4) is 0 Å². The topological polar surface area (TPSA) is 68.2 Å². The molecule has 1 amide bonds. The van der Waals surface area contributed by atoms with Gasteiger partial charge in [-0.3, -0.25) is 4.79 Å². The van der Waals surface area contributed by atoms with E-state index in [4.69, 9.17) is 16.3 Å². The summed E-state index contributed by atoms with van der Waals surface area (Å²) in [6, 6.07) is 3.81. The van der Waals surface area contributed by atoms with Gasteiger partial charge in [-0.05, 0) is 17.7 Å². The molecule has 2 N–H and O–H groups in total. The van der Waals surface area contributed by atoms with Gasteiger partial charge in [0, 0.05) is 55.8 Å². The Morgan fingerprint density at radius 2 is 2.36 bits per heavy atom. The SMILES string of the molecule is Cn1cnc([C@@H]2CNC[C@H]2C(=O)NCc2cc(Cl)cc3c2OCC3)c1. The minimum Gasteiger partial charge on any atom is -0.493 e. The Bertz CT molecular complexity index is 804. The lowest BCUT2D eigenvalue weighted by atomic mass is 9.92. The highest BCUT2D eigenvalue weighted by Gasteiger charge is 2.35. The molecule has 0 unspecified atom stereocenters. The first-order valence-corrected chi connectivity index (χ1v) is 8.90. The summed E-state index contributed by atoms with van der Waals surface area (Å²) in [6.07, 6.45) is 4.62. The average Bonchev–Trinajstić information content (AvgIpc) is 3.31. The fraction of sp³-hybridized carbons (Fsp3) is 0.444. The number of rotatable bonds is 4. The molecule has 0 saturated carbocycles. The summed E-state index contributed by atoms with van der Waals surface area (Å²) in [5.41, 5.74) is 3.01. The molecule has 25 heavy (non-hydrogen) atoms. The third-order valence-corrected chi connectivity index (χ3v) is 5.15. The first kappa shape index (κ1) is 16.4. The molecule has 1 aromatic heterocycles. The zero-order valence-corrected chi connectivity index (χ0v) is 14.8. The van der Waals surface area contributed by atoms with Crippen LogP contribution in [0.5, 0.6) is 5.75 Å². The number of ether oxygens (including phenoxy) is 1. The van der Waals surface area contributed by atoms with E-state index >= 15 is 0 Å². The summed E-state index contributed by atoms with van der Waals surface area (Å²) >= 11 is 6.19. The molecule has 0 bridgehead atoms. The maximum atomic E-state index is 12.7. The van der Waals surface area contributed by atoms with Crippen LogP contribution in [0.1, 0.15) is 22.7 Å². The number of amides is 1. The smallest absolute Gasteiger partial charge is 0.225 e. The summed E-state index contributed by atoms with van der Waals surface area (Å²) in [5.74, 6) is 0.883. The van der Waals surface area contributed by atoms with E-state index in [-0.39, 0.29) is 17.7 Å². The van der Waals surface area contributed by atoms with Gasteiger partial charge in [-0.25, -0.2) is 4.98 Å². The fourth-order valence-corrected chi connectivity index (χ4v) is 3.94. The van der Waals surface area contributed by atoms with Gasteiger partial charge in [0.1, 0.15) is 5.75 Å². The predicted octanol–water partition coefficient (Wildman–Crippen LogP) is 1.63. The molecular weight excluding hydrogens is 340 g/mol. The van der Waals surface area contributed by atoms with Crippen molar-refractivity contribution in [2.75, 3.05) is 19.7 Å². The summed E-state index contributed by atoms with van der Waals surface area (Å²) < 4.78 is 7.61. The van der Waals surface area contributed by atoms with Crippen molar-refractivity contribution in [2.45, 2.75) is 18.9 Å². The van der Waals surface area contributed by atoms with Gasteiger partial charge in [0.15, 0.2) is 0 Å². The van der Waals surface area contributed by atoms with Crippen molar-refractivity contribution in [3.63, 3.8) is 0 Å². The van der Waals surface area contributed by atoms with Gasteiger partial charge in [-0.15, -0.1) is 0 Å². The van der Waals surface area contributed by atoms with Gasteiger partial charge in [-0.2, -0.15) is 0 Å². The second kappa shape index (κ2) is 6.69. The second-order valence-electron chi connectivity index (χ2n) is 6.70. The predicted molar refractivity (Wildman–Crippen MR) is 94.8 cm³/mol. The quantitative estimate of drug-likeness (QED) is 0.869. The van der Waals surface area contributed by atoms with Crippen LogP contribution < -0.4 is 15.4 Å². The number of carbonyl (C=O) groups is 1. The van der Waals surface area contributed by atoms with Gasteiger partial charge in [0.05, 0.1) is 24.5 Å². The van der Waals surface area contributed by atoms with Crippen molar-refractivity contribution in [3.8, 4) is 5.75 Å². The Hall–Kier alpha value is -2.05. The molecule has 0 radical (unpaired) electrons. The summed E-state index contributed by atoms with van der Waals surface area (Å²) in [5, 5.41) is 7.04. The van der Waals surface area contributed by atoms with Crippen molar-refractivity contribution < 1.29 is 9.53 Å². The average molecular weight is 361 g/mol. The summed E-state index contributed by atoms with van der Waals surface area (Å²) in [6.45, 7) is 2.53. The fourth-order valence-electron chi connectivity index (χ4n) is 3.68. The van der Waals surface area contributed by atoms with E-state index in [1.54, 1.807) is 6.33 Å². The van der Waals surface area contributed by atoms with E-state index in [2.05, 4.69) is 15.6 Å². The Labute approximate surface area is 151 Å². The largest absolute Gasteiger partial charge is 0.493 e. The van der Waals surface area contributed by atoms with Crippen molar-refractivity contribution >= 4 is 17.5 Å². The van der Waals surface area contributed by atoms with Crippen molar-refractivity contribution in [3.05, 3.63) is 46.5 Å². The first-order chi connectivity index (χ1) is 12.1. The number of halogens is 1. The molecule has 1 saturated heterocycles.